The first-order chi connectivity index (χ1) is 18.2. The Kier molecular flexibility index (Phi) is 3.24. The first-order valence-electron chi connectivity index (χ1n) is 12.3. The predicted molar refractivity (Wildman–Crippen MR) is 132 cm³/mol. The van der Waals surface area contributed by atoms with E-state index < -0.39 is 5.66 Å². The fourth-order valence-corrected chi connectivity index (χ4v) is 6.49. The number of hydrogen-bond donors (Lipinski definition) is 0. The molecular formula is C29H20N6O2+2. The molecule has 3 aliphatic rings. The van der Waals surface area contributed by atoms with Crippen molar-refractivity contribution in [1.29, 1.82) is 0 Å². The number of aryl methyl sites for hydroxylation is 2. The highest BCUT2D eigenvalue weighted by Gasteiger charge is 2.72. The van der Waals surface area contributed by atoms with Crippen LogP contribution in [0.5, 0.6) is 11.5 Å². The Bertz CT molecular complexity index is 1950. The second-order valence-corrected chi connectivity index (χ2v) is 9.80. The Morgan fingerprint density at radius 1 is 0.838 bits per heavy atom. The molecule has 3 aliphatic heterocycles. The number of aromatic nitrogens is 6. The molecule has 6 aromatic rings. The van der Waals surface area contributed by atoms with Gasteiger partial charge < -0.3 is 9.15 Å². The van der Waals surface area contributed by atoms with Crippen LogP contribution in [0.1, 0.15) is 22.6 Å². The summed E-state index contributed by atoms with van der Waals surface area (Å²) in [6, 6.07) is 24.6. The second kappa shape index (κ2) is 6.22. The van der Waals surface area contributed by atoms with E-state index in [0.717, 1.165) is 45.4 Å². The maximum atomic E-state index is 6.47. The lowest BCUT2D eigenvalue weighted by molar-refractivity contribution is -0.990. The van der Waals surface area contributed by atoms with E-state index >= 15 is 0 Å². The topological polar surface area (TPSA) is 65.8 Å². The van der Waals surface area contributed by atoms with E-state index in [1.165, 1.54) is 11.4 Å². The molecule has 2 aromatic carbocycles. The zero-order valence-corrected chi connectivity index (χ0v) is 20.1. The number of rotatable bonds is 2. The maximum absolute atomic E-state index is 6.47. The van der Waals surface area contributed by atoms with E-state index in [-0.39, 0.29) is 0 Å². The van der Waals surface area contributed by atoms with Gasteiger partial charge in [0.25, 0.3) is 11.5 Å². The van der Waals surface area contributed by atoms with Gasteiger partial charge in [-0.25, -0.2) is 0 Å². The molecule has 37 heavy (non-hydrogen) atoms. The van der Waals surface area contributed by atoms with Crippen molar-refractivity contribution in [3.8, 4) is 45.9 Å². The van der Waals surface area contributed by atoms with Crippen molar-refractivity contribution >= 4 is 0 Å². The van der Waals surface area contributed by atoms with Gasteiger partial charge in [-0.1, -0.05) is 24.3 Å². The fourth-order valence-electron chi connectivity index (χ4n) is 6.49. The molecule has 0 amide bonds. The van der Waals surface area contributed by atoms with Crippen molar-refractivity contribution in [2.24, 2.45) is 0 Å². The lowest BCUT2D eigenvalue weighted by atomic mass is 9.91. The van der Waals surface area contributed by atoms with Crippen LogP contribution in [0.25, 0.3) is 34.4 Å². The Balaban J connectivity index is 1.32. The maximum Gasteiger partial charge on any atom is 0.430 e. The van der Waals surface area contributed by atoms with Gasteiger partial charge in [-0.05, 0) is 41.9 Å². The molecule has 0 N–H and O–H groups in total. The van der Waals surface area contributed by atoms with Gasteiger partial charge in [0.1, 0.15) is 17.6 Å². The molecule has 8 nitrogen and oxygen atoms in total. The third kappa shape index (κ3) is 2.08. The molecular weight excluding hydrogens is 464 g/mol. The van der Waals surface area contributed by atoms with E-state index in [1.807, 2.05) is 30.3 Å². The van der Waals surface area contributed by atoms with Crippen molar-refractivity contribution < 1.29 is 18.4 Å². The first-order valence-corrected chi connectivity index (χ1v) is 12.3. The van der Waals surface area contributed by atoms with Crippen LogP contribution >= 0.6 is 0 Å². The van der Waals surface area contributed by atoms with Crippen LogP contribution in [-0.4, -0.2) is 19.4 Å². The summed E-state index contributed by atoms with van der Waals surface area (Å²) in [6.45, 7) is 4.32. The second-order valence-electron chi connectivity index (χ2n) is 9.80. The molecule has 7 heterocycles. The van der Waals surface area contributed by atoms with Crippen LogP contribution in [0.4, 0.5) is 0 Å². The van der Waals surface area contributed by atoms with Crippen LogP contribution in [0.15, 0.2) is 89.6 Å². The Hall–Kier alpha value is -4.98. The molecule has 1 spiro atoms. The van der Waals surface area contributed by atoms with Crippen molar-refractivity contribution in [3.63, 3.8) is 0 Å². The number of pyridine rings is 1. The third-order valence-electron chi connectivity index (χ3n) is 7.80. The highest BCUT2D eigenvalue weighted by Crippen LogP contribution is 2.53. The standard InChI is InChI=1S/C29H20N6O2/c1-17-15-18(2)35-29-25-21(34(17)35)9-6-10-22(25)36-23-12-13-32(26(23)29)24-16-20(11-14-33(24)29)28-31-30-27(37-28)19-7-4-3-5-8-19/h3-16H,1-2H3/q+2. The Labute approximate surface area is 211 Å². The number of nitrogens with zero attached hydrogens (tertiary/aromatic N) is 6. The number of hydrogen-bond acceptors (Lipinski definition) is 4. The minimum Gasteiger partial charge on any atom is -0.452 e. The average molecular weight is 485 g/mol. The minimum atomic E-state index is -0.598. The first kappa shape index (κ1) is 19.2. The van der Waals surface area contributed by atoms with E-state index in [2.05, 4.69) is 97.4 Å². The van der Waals surface area contributed by atoms with E-state index in [0.29, 0.717) is 11.8 Å². The van der Waals surface area contributed by atoms with Crippen molar-refractivity contribution in [2.75, 3.05) is 0 Å². The molecule has 176 valence electrons. The highest BCUT2D eigenvalue weighted by atomic mass is 16.5. The SMILES string of the molecule is Cc1cc(C)[n+]2n1-c1cccc3c1C21c2c(ccn2-c2cc(-c4nnc(-c5ccccc5)o4)cc[n+]21)O3. The lowest BCUT2D eigenvalue weighted by Crippen LogP contribution is -2.74. The van der Waals surface area contributed by atoms with Crippen LogP contribution in [0, 0.1) is 13.8 Å². The Morgan fingerprint density at radius 3 is 2.54 bits per heavy atom. The van der Waals surface area contributed by atoms with Gasteiger partial charge in [-0.3, -0.25) is 0 Å². The molecule has 0 radical (unpaired) electrons. The minimum absolute atomic E-state index is 0.485. The highest BCUT2D eigenvalue weighted by molar-refractivity contribution is 5.65. The summed E-state index contributed by atoms with van der Waals surface area (Å²) < 4.78 is 21.8. The van der Waals surface area contributed by atoms with Crippen molar-refractivity contribution in [3.05, 3.63) is 108 Å². The summed E-state index contributed by atoms with van der Waals surface area (Å²) in [7, 11) is 0. The Morgan fingerprint density at radius 2 is 1.68 bits per heavy atom. The molecule has 0 aliphatic carbocycles. The van der Waals surface area contributed by atoms with E-state index in [9.17, 15) is 0 Å². The van der Waals surface area contributed by atoms with Crippen molar-refractivity contribution in [2.45, 2.75) is 19.5 Å². The monoisotopic (exact) mass is 484 g/mol. The van der Waals surface area contributed by atoms with Crippen LogP contribution in [0.3, 0.4) is 0 Å². The summed E-state index contributed by atoms with van der Waals surface area (Å²) >= 11 is 0. The summed E-state index contributed by atoms with van der Waals surface area (Å²) in [5.41, 5.74) is 6.89. The summed E-state index contributed by atoms with van der Waals surface area (Å²) in [4.78, 5) is 0. The van der Waals surface area contributed by atoms with Gasteiger partial charge in [0, 0.05) is 30.7 Å². The van der Waals surface area contributed by atoms with Crippen molar-refractivity contribution in [1.82, 2.24) is 19.4 Å². The van der Waals surface area contributed by atoms with Gasteiger partial charge in [0.05, 0.1) is 17.5 Å². The largest absolute Gasteiger partial charge is 0.452 e. The number of ether oxygens (including phenoxy) is 1. The van der Waals surface area contributed by atoms with Crippen LogP contribution in [-0.2, 0) is 5.66 Å². The normalized spacial score (nSPS) is 17.2. The van der Waals surface area contributed by atoms with Gasteiger partial charge >= 0.3 is 5.66 Å². The molecule has 4 aromatic heterocycles. The zero-order valence-electron chi connectivity index (χ0n) is 20.1. The molecule has 1 atom stereocenters. The van der Waals surface area contributed by atoms with E-state index in [4.69, 9.17) is 9.15 Å². The molecule has 0 bridgehead atoms. The molecule has 0 saturated carbocycles. The van der Waals surface area contributed by atoms with Gasteiger partial charge in [0.2, 0.25) is 17.5 Å². The molecule has 8 heteroatoms. The summed E-state index contributed by atoms with van der Waals surface area (Å²) in [5.74, 6) is 3.73. The molecule has 0 fully saturated rings. The quantitative estimate of drug-likeness (QED) is 0.345. The summed E-state index contributed by atoms with van der Waals surface area (Å²) in [5, 5.41) is 8.67. The molecule has 9 rings (SSSR count). The van der Waals surface area contributed by atoms with Gasteiger partial charge in [0.15, 0.2) is 11.3 Å². The third-order valence-corrected chi connectivity index (χ3v) is 7.80. The predicted octanol–water partition coefficient (Wildman–Crippen LogP) is 4.21. The van der Waals surface area contributed by atoms with Crippen LogP contribution < -0.4 is 14.0 Å². The number of benzene rings is 2. The molecule has 0 saturated heterocycles. The van der Waals surface area contributed by atoms with Gasteiger partial charge in [-0.15, -0.1) is 14.9 Å². The van der Waals surface area contributed by atoms with Gasteiger partial charge in [-0.2, -0.15) is 9.13 Å². The lowest BCUT2D eigenvalue weighted by Gasteiger charge is -2.22. The zero-order chi connectivity index (χ0) is 24.5. The van der Waals surface area contributed by atoms with Crippen LogP contribution in [0.2, 0.25) is 0 Å². The molecule has 1 unspecified atom stereocenters. The van der Waals surface area contributed by atoms with E-state index in [1.54, 1.807) is 0 Å². The summed E-state index contributed by atoms with van der Waals surface area (Å²) in [6.07, 6.45) is 4.21. The fraction of sp³-hybridized carbons (Fsp3) is 0.103. The average Bonchev–Trinajstić information content (AvgIpc) is 3.72. The smallest absolute Gasteiger partial charge is 0.430 e. The number of fused-ring (bicyclic) bond motifs is 4.